The van der Waals surface area contributed by atoms with Crippen molar-refractivity contribution in [3.05, 3.63) is 52.3 Å². The smallest absolute Gasteiger partial charge is 0.279 e. The lowest BCUT2D eigenvalue weighted by Crippen LogP contribution is -2.33. The number of benzene rings is 1. The SMILES string of the molecule is C=CCSc1nc(=O)c2c(n1C)NC(=O)C[C@@H]2c1cccc(OC)c1OC. The standard InChI is InChI=1S/C19H21N3O4S/c1-5-9-27-19-21-18(24)15-12(10-14(23)20-17(15)22(19)2)11-7-6-8-13(25-3)16(11)26-4/h5-8,12H,1,9-10H2,2-4H3,(H,20,23)/t12-/m1/s1. The number of amides is 1. The first-order valence-electron chi connectivity index (χ1n) is 8.37. The number of hydrogen-bond donors (Lipinski definition) is 1. The van der Waals surface area contributed by atoms with Crippen molar-refractivity contribution in [2.24, 2.45) is 7.05 Å². The zero-order chi connectivity index (χ0) is 19.6. The van der Waals surface area contributed by atoms with Gasteiger partial charge in [-0.1, -0.05) is 30.0 Å². The topological polar surface area (TPSA) is 82.5 Å². The fraction of sp³-hybridized carbons (Fsp3) is 0.316. The molecule has 142 valence electrons. The highest BCUT2D eigenvalue weighted by atomic mass is 32.2. The minimum atomic E-state index is -0.469. The van der Waals surface area contributed by atoms with Gasteiger partial charge in [0.15, 0.2) is 16.7 Å². The molecule has 1 amide bonds. The summed E-state index contributed by atoms with van der Waals surface area (Å²) < 4.78 is 12.6. The lowest BCUT2D eigenvalue weighted by molar-refractivity contribution is -0.116. The summed E-state index contributed by atoms with van der Waals surface area (Å²) in [4.78, 5) is 29.5. The van der Waals surface area contributed by atoms with Gasteiger partial charge in [-0.15, -0.1) is 6.58 Å². The second kappa shape index (κ2) is 7.87. The number of ether oxygens (including phenoxy) is 2. The van der Waals surface area contributed by atoms with Gasteiger partial charge in [0, 0.05) is 30.7 Å². The van der Waals surface area contributed by atoms with Crippen LogP contribution >= 0.6 is 11.8 Å². The molecule has 8 heteroatoms. The van der Waals surface area contributed by atoms with E-state index in [2.05, 4.69) is 16.9 Å². The molecule has 1 atom stereocenters. The van der Waals surface area contributed by atoms with Crippen LogP contribution in [0.1, 0.15) is 23.5 Å². The molecule has 2 aromatic rings. The molecular formula is C19H21N3O4S. The van der Waals surface area contributed by atoms with Crippen LogP contribution in [0.2, 0.25) is 0 Å². The van der Waals surface area contributed by atoms with Gasteiger partial charge in [0.25, 0.3) is 5.56 Å². The number of hydrogen-bond acceptors (Lipinski definition) is 6. The molecule has 1 aromatic carbocycles. The lowest BCUT2D eigenvalue weighted by Gasteiger charge is -2.28. The highest BCUT2D eigenvalue weighted by Crippen LogP contribution is 2.42. The summed E-state index contributed by atoms with van der Waals surface area (Å²) in [6.07, 6.45) is 1.87. The third-order valence-corrected chi connectivity index (χ3v) is 5.47. The summed E-state index contributed by atoms with van der Waals surface area (Å²) in [5.41, 5.74) is 0.814. The molecule has 0 bridgehead atoms. The quantitative estimate of drug-likeness (QED) is 0.466. The Morgan fingerprint density at radius 1 is 1.37 bits per heavy atom. The van der Waals surface area contributed by atoms with Crippen molar-refractivity contribution in [1.82, 2.24) is 9.55 Å². The van der Waals surface area contributed by atoms with Crippen LogP contribution in [0, 0.1) is 0 Å². The van der Waals surface area contributed by atoms with Gasteiger partial charge < -0.3 is 19.4 Å². The average molecular weight is 387 g/mol. The van der Waals surface area contributed by atoms with E-state index in [0.29, 0.717) is 33.8 Å². The Morgan fingerprint density at radius 2 is 2.15 bits per heavy atom. The normalized spacial score (nSPS) is 15.7. The summed E-state index contributed by atoms with van der Waals surface area (Å²) >= 11 is 1.38. The van der Waals surface area contributed by atoms with E-state index in [0.717, 1.165) is 5.56 Å². The summed E-state index contributed by atoms with van der Waals surface area (Å²) in [6, 6.07) is 5.43. The van der Waals surface area contributed by atoms with Crippen LogP contribution in [0.15, 0.2) is 40.8 Å². The highest BCUT2D eigenvalue weighted by Gasteiger charge is 2.34. The molecule has 1 aromatic heterocycles. The van der Waals surface area contributed by atoms with Gasteiger partial charge in [-0.05, 0) is 6.07 Å². The van der Waals surface area contributed by atoms with Crippen molar-refractivity contribution in [1.29, 1.82) is 0 Å². The maximum absolute atomic E-state index is 12.9. The first-order chi connectivity index (χ1) is 13.0. The third kappa shape index (κ3) is 3.44. The van der Waals surface area contributed by atoms with Gasteiger partial charge in [0.05, 0.1) is 19.8 Å². The van der Waals surface area contributed by atoms with E-state index in [4.69, 9.17) is 9.47 Å². The molecule has 0 fully saturated rings. The average Bonchev–Trinajstić information content (AvgIpc) is 2.68. The van der Waals surface area contributed by atoms with Gasteiger partial charge in [-0.2, -0.15) is 4.98 Å². The van der Waals surface area contributed by atoms with Crippen LogP contribution < -0.4 is 20.3 Å². The Bertz CT molecular complexity index is 955. The first-order valence-corrected chi connectivity index (χ1v) is 9.35. The second-order valence-corrected chi connectivity index (χ2v) is 7.00. The van der Waals surface area contributed by atoms with Gasteiger partial charge >= 0.3 is 0 Å². The minimum Gasteiger partial charge on any atom is -0.493 e. The predicted octanol–water partition coefficient (Wildman–Crippen LogP) is 2.55. The molecule has 7 nitrogen and oxygen atoms in total. The Morgan fingerprint density at radius 3 is 2.81 bits per heavy atom. The number of aromatic nitrogens is 2. The van der Waals surface area contributed by atoms with E-state index in [1.54, 1.807) is 30.9 Å². The molecule has 0 spiro atoms. The molecule has 3 rings (SSSR count). The molecule has 1 aliphatic rings. The molecular weight excluding hydrogens is 366 g/mol. The monoisotopic (exact) mass is 387 g/mol. The summed E-state index contributed by atoms with van der Waals surface area (Å²) in [7, 11) is 4.87. The van der Waals surface area contributed by atoms with Crippen molar-refractivity contribution in [3.63, 3.8) is 0 Å². The summed E-state index contributed by atoms with van der Waals surface area (Å²) in [6.45, 7) is 3.68. The van der Waals surface area contributed by atoms with Gasteiger partial charge in [0.1, 0.15) is 5.82 Å². The van der Waals surface area contributed by atoms with Crippen molar-refractivity contribution < 1.29 is 14.3 Å². The lowest BCUT2D eigenvalue weighted by atomic mass is 9.86. The number of nitrogens with zero attached hydrogens (tertiary/aromatic N) is 2. The number of methoxy groups -OCH3 is 2. The fourth-order valence-electron chi connectivity index (χ4n) is 3.25. The fourth-order valence-corrected chi connectivity index (χ4v) is 3.95. The molecule has 0 aliphatic carbocycles. The number of carbonyl (C=O) groups excluding carboxylic acids is 1. The summed E-state index contributed by atoms with van der Waals surface area (Å²) in [5, 5.41) is 3.35. The number of anilines is 1. The van der Waals surface area contributed by atoms with Crippen LogP contribution in [0.4, 0.5) is 5.82 Å². The van der Waals surface area contributed by atoms with E-state index in [1.807, 2.05) is 12.1 Å². The molecule has 1 N–H and O–H groups in total. The molecule has 0 saturated heterocycles. The number of fused-ring (bicyclic) bond motifs is 1. The van der Waals surface area contributed by atoms with E-state index in [1.165, 1.54) is 18.9 Å². The molecule has 1 aliphatic heterocycles. The van der Waals surface area contributed by atoms with Crippen LogP contribution in [0.3, 0.4) is 0 Å². The summed E-state index contributed by atoms with van der Waals surface area (Å²) in [5.74, 6) is 1.50. The van der Waals surface area contributed by atoms with Crippen LogP contribution in [0.25, 0.3) is 0 Å². The number of para-hydroxylation sites is 1. The molecule has 0 unspecified atom stereocenters. The molecule has 0 saturated carbocycles. The minimum absolute atomic E-state index is 0.132. The third-order valence-electron chi connectivity index (χ3n) is 4.44. The molecule has 2 heterocycles. The van der Waals surface area contributed by atoms with Crippen molar-refractivity contribution in [3.8, 4) is 11.5 Å². The van der Waals surface area contributed by atoms with Crippen molar-refractivity contribution in [2.75, 3.05) is 25.3 Å². The van der Waals surface area contributed by atoms with E-state index >= 15 is 0 Å². The number of nitrogens with one attached hydrogen (secondary N) is 1. The maximum Gasteiger partial charge on any atom is 0.279 e. The van der Waals surface area contributed by atoms with Crippen LogP contribution in [-0.4, -0.2) is 35.4 Å². The first kappa shape index (κ1) is 19.0. The Hall–Kier alpha value is -2.74. The largest absolute Gasteiger partial charge is 0.493 e. The maximum atomic E-state index is 12.9. The van der Waals surface area contributed by atoms with E-state index in [-0.39, 0.29) is 17.9 Å². The second-order valence-electron chi connectivity index (χ2n) is 6.01. The van der Waals surface area contributed by atoms with Crippen LogP contribution in [0.5, 0.6) is 11.5 Å². The van der Waals surface area contributed by atoms with E-state index in [9.17, 15) is 9.59 Å². The zero-order valence-electron chi connectivity index (χ0n) is 15.4. The van der Waals surface area contributed by atoms with Crippen molar-refractivity contribution in [2.45, 2.75) is 17.5 Å². The Labute approximate surface area is 161 Å². The van der Waals surface area contributed by atoms with E-state index < -0.39 is 5.92 Å². The zero-order valence-corrected chi connectivity index (χ0v) is 16.3. The van der Waals surface area contributed by atoms with Gasteiger partial charge in [-0.25, -0.2) is 0 Å². The molecule has 27 heavy (non-hydrogen) atoms. The Balaban J connectivity index is 2.21. The van der Waals surface area contributed by atoms with Gasteiger partial charge in [-0.3, -0.25) is 9.59 Å². The highest BCUT2D eigenvalue weighted by molar-refractivity contribution is 7.99. The number of carbonyl (C=O) groups is 1. The Kier molecular flexibility index (Phi) is 5.55. The number of thioether (sulfide) groups is 1. The molecule has 0 radical (unpaired) electrons. The predicted molar refractivity (Wildman–Crippen MR) is 105 cm³/mol. The number of rotatable bonds is 6. The van der Waals surface area contributed by atoms with Gasteiger partial charge in [0.2, 0.25) is 5.91 Å². The van der Waals surface area contributed by atoms with Crippen LogP contribution in [-0.2, 0) is 11.8 Å². The van der Waals surface area contributed by atoms with Crippen molar-refractivity contribution >= 4 is 23.5 Å².